The van der Waals surface area contributed by atoms with Crippen LogP contribution in [0.4, 0.5) is 10.1 Å². The van der Waals surface area contributed by atoms with Crippen molar-refractivity contribution in [2.24, 2.45) is 0 Å². The van der Waals surface area contributed by atoms with Crippen molar-refractivity contribution >= 4 is 5.69 Å². The minimum absolute atomic E-state index is 0.167. The van der Waals surface area contributed by atoms with Gasteiger partial charge in [-0.3, -0.25) is 0 Å². The van der Waals surface area contributed by atoms with Crippen LogP contribution in [0.2, 0.25) is 0 Å². The Morgan fingerprint density at radius 2 is 1.65 bits per heavy atom. The molecule has 0 heterocycles. The minimum atomic E-state index is -0.635. The highest BCUT2D eigenvalue weighted by molar-refractivity contribution is 5.48. The van der Waals surface area contributed by atoms with Crippen molar-refractivity contribution in [3.63, 3.8) is 0 Å². The molecule has 2 rings (SSSR count). The van der Waals surface area contributed by atoms with Crippen LogP contribution in [0.3, 0.4) is 0 Å². The van der Waals surface area contributed by atoms with Gasteiger partial charge in [-0.15, -0.1) is 0 Å². The monoisotopic (exact) mass is 317 g/mol. The molecule has 1 unspecified atom stereocenters. The van der Waals surface area contributed by atoms with Crippen LogP contribution in [0.25, 0.3) is 0 Å². The molecule has 2 aromatic carbocycles. The van der Waals surface area contributed by atoms with Crippen LogP contribution in [0, 0.1) is 12.7 Å². The average Bonchev–Trinajstić information content (AvgIpc) is 2.53. The van der Waals surface area contributed by atoms with Crippen LogP contribution in [-0.2, 0) is 0 Å². The Morgan fingerprint density at radius 3 is 2.22 bits per heavy atom. The molecule has 0 fully saturated rings. The standard InChI is InChI=1S/C19H24FNO2/c1-14(2)21(17-8-4-15(3)5-9-17)12-18(22)13-23-19-10-6-16(20)7-11-19/h4-11,14,18,22H,12-13H2,1-3H3. The predicted molar refractivity (Wildman–Crippen MR) is 91.6 cm³/mol. The Balaban J connectivity index is 1.94. The van der Waals surface area contributed by atoms with Gasteiger partial charge in [-0.05, 0) is 57.2 Å². The molecule has 0 aliphatic heterocycles. The SMILES string of the molecule is Cc1ccc(N(CC(O)COc2ccc(F)cc2)C(C)C)cc1. The zero-order valence-corrected chi connectivity index (χ0v) is 13.9. The normalized spacial score (nSPS) is 12.3. The number of hydrogen-bond donors (Lipinski definition) is 1. The first-order chi connectivity index (χ1) is 11.0. The van der Waals surface area contributed by atoms with Crippen LogP contribution in [0.5, 0.6) is 5.75 Å². The molecule has 1 atom stereocenters. The lowest BCUT2D eigenvalue weighted by Gasteiger charge is -2.31. The summed E-state index contributed by atoms with van der Waals surface area (Å²) in [4.78, 5) is 2.14. The number of hydrogen-bond acceptors (Lipinski definition) is 3. The Morgan fingerprint density at radius 1 is 1.04 bits per heavy atom. The van der Waals surface area contributed by atoms with Crippen LogP contribution >= 0.6 is 0 Å². The summed E-state index contributed by atoms with van der Waals surface area (Å²) in [5.74, 6) is 0.250. The maximum absolute atomic E-state index is 12.9. The summed E-state index contributed by atoms with van der Waals surface area (Å²) in [6.07, 6.45) is -0.635. The molecule has 0 aliphatic rings. The maximum atomic E-state index is 12.9. The maximum Gasteiger partial charge on any atom is 0.123 e. The molecule has 0 spiro atoms. The van der Waals surface area contributed by atoms with Crippen LogP contribution in [-0.4, -0.2) is 30.4 Å². The number of aliphatic hydroxyl groups excluding tert-OH is 1. The largest absolute Gasteiger partial charge is 0.491 e. The second-order valence-corrected chi connectivity index (χ2v) is 6.00. The zero-order chi connectivity index (χ0) is 16.8. The van der Waals surface area contributed by atoms with Gasteiger partial charge in [-0.2, -0.15) is 0 Å². The van der Waals surface area contributed by atoms with Crippen molar-refractivity contribution in [1.29, 1.82) is 0 Å². The number of aryl methyl sites for hydroxylation is 1. The van der Waals surface area contributed by atoms with E-state index >= 15 is 0 Å². The van der Waals surface area contributed by atoms with Gasteiger partial charge in [0.05, 0.1) is 0 Å². The smallest absolute Gasteiger partial charge is 0.123 e. The van der Waals surface area contributed by atoms with E-state index in [2.05, 4.69) is 49.9 Å². The van der Waals surface area contributed by atoms with Gasteiger partial charge in [0.1, 0.15) is 24.3 Å². The third-order valence-corrected chi connectivity index (χ3v) is 3.65. The van der Waals surface area contributed by atoms with E-state index in [9.17, 15) is 9.50 Å². The van der Waals surface area contributed by atoms with E-state index in [0.717, 1.165) is 5.69 Å². The molecule has 0 saturated heterocycles. The van der Waals surface area contributed by atoms with Gasteiger partial charge in [-0.25, -0.2) is 4.39 Å². The van der Waals surface area contributed by atoms with E-state index < -0.39 is 6.10 Å². The van der Waals surface area contributed by atoms with Crippen molar-refractivity contribution in [3.8, 4) is 5.75 Å². The lowest BCUT2D eigenvalue weighted by molar-refractivity contribution is 0.111. The molecular formula is C19H24FNO2. The molecule has 1 N–H and O–H groups in total. The van der Waals surface area contributed by atoms with E-state index in [1.165, 1.54) is 17.7 Å². The third-order valence-electron chi connectivity index (χ3n) is 3.65. The van der Waals surface area contributed by atoms with Crippen molar-refractivity contribution in [3.05, 3.63) is 59.9 Å². The average molecular weight is 317 g/mol. The Bertz CT molecular complexity index is 596. The minimum Gasteiger partial charge on any atom is -0.491 e. The lowest BCUT2D eigenvalue weighted by Crippen LogP contribution is -2.40. The van der Waals surface area contributed by atoms with E-state index in [1.54, 1.807) is 12.1 Å². The fraction of sp³-hybridized carbons (Fsp3) is 0.368. The fourth-order valence-electron chi connectivity index (χ4n) is 2.35. The first kappa shape index (κ1) is 17.3. The summed E-state index contributed by atoms with van der Waals surface area (Å²) in [7, 11) is 0. The first-order valence-electron chi connectivity index (χ1n) is 7.85. The predicted octanol–water partition coefficient (Wildman–Crippen LogP) is 3.79. The third kappa shape index (κ3) is 5.25. The number of anilines is 1. The van der Waals surface area contributed by atoms with E-state index in [1.807, 2.05) is 0 Å². The molecule has 0 bridgehead atoms. The van der Waals surface area contributed by atoms with Gasteiger partial charge in [0.15, 0.2) is 0 Å². The summed E-state index contributed by atoms with van der Waals surface area (Å²) in [5, 5.41) is 10.3. The van der Waals surface area contributed by atoms with Gasteiger partial charge in [-0.1, -0.05) is 17.7 Å². The number of benzene rings is 2. The molecule has 0 saturated carbocycles. The summed E-state index contributed by atoms with van der Waals surface area (Å²) >= 11 is 0. The molecule has 4 heteroatoms. The lowest BCUT2D eigenvalue weighted by atomic mass is 10.1. The summed E-state index contributed by atoms with van der Waals surface area (Å²) in [6.45, 7) is 6.87. The molecule has 3 nitrogen and oxygen atoms in total. The number of ether oxygens (including phenoxy) is 1. The Hall–Kier alpha value is -2.07. The van der Waals surface area contributed by atoms with Gasteiger partial charge in [0.2, 0.25) is 0 Å². The van der Waals surface area contributed by atoms with Crippen molar-refractivity contribution in [2.45, 2.75) is 32.9 Å². The molecule has 0 amide bonds. The van der Waals surface area contributed by atoms with E-state index in [-0.39, 0.29) is 18.5 Å². The summed E-state index contributed by atoms with van der Waals surface area (Å²) in [6, 6.07) is 14.3. The van der Waals surface area contributed by atoms with Gasteiger partial charge in [0, 0.05) is 18.3 Å². The second-order valence-electron chi connectivity index (χ2n) is 6.00. The molecule has 124 valence electrons. The van der Waals surface area contributed by atoms with E-state index in [4.69, 9.17) is 4.74 Å². The number of halogens is 1. The topological polar surface area (TPSA) is 32.7 Å². The highest BCUT2D eigenvalue weighted by Gasteiger charge is 2.16. The molecular weight excluding hydrogens is 293 g/mol. The molecule has 0 radical (unpaired) electrons. The van der Waals surface area contributed by atoms with Crippen molar-refractivity contribution in [2.75, 3.05) is 18.1 Å². The molecule has 23 heavy (non-hydrogen) atoms. The first-order valence-corrected chi connectivity index (χ1v) is 7.85. The molecule has 0 aromatic heterocycles. The fourth-order valence-corrected chi connectivity index (χ4v) is 2.35. The molecule has 0 aliphatic carbocycles. The number of rotatable bonds is 7. The number of aliphatic hydroxyl groups is 1. The van der Waals surface area contributed by atoms with Gasteiger partial charge >= 0.3 is 0 Å². The Labute approximate surface area is 137 Å². The Kier molecular flexibility index (Phi) is 5.99. The van der Waals surface area contributed by atoms with Crippen LogP contribution < -0.4 is 9.64 Å². The van der Waals surface area contributed by atoms with Gasteiger partial charge < -0.3 is 14.7 Å². The quantitative estimate of drug-likeness (QED) is 0.843. The van der Waals surface area contributed by atoms with Crippen molar-refractivity contribution in [1.82, 2.24) is 0 Å². The highest BCUT2D eigenvalue weighted by atomic mass is 19.1. The van der Waals surface area contributed by atoms with Crippen LogP contribution in [0.1, 0.15) is 19.4 Å². The summed E-state index contributed by atoms with van der Waals surface area (Å²) in [5.41, 5.74) is 2.28. The summed E-state index contributed by atoms with van der Waals surface area (Å²) < 4.78 is 18.4. The zero-order valence-electron chi connectivity index (χ0n) is 13.9. The van der Waals surface area contributed by atoms with Crippen LogP contribution in [0.15, 0.2) is 48.5 Å². The van der Waals surface area contributed by atoms with E-state index in [0.29, 0.717) is 12.3 Å². The second kappa shape index (κ2) is 7.97. The highest BCUT2D eigenvalue weighted by Crippen LogP contribution is 2.18. The number of nitrogens with zero attached hydrogens (tertiary/aromatic N) is 1. The van der Waals surface area contributed by atoms with Crippen molar-refractivity contribution < 1.29 is 14.2 Å². The molecule has 2 aromatic rings. The van der Waals surface area contributed by atoms with Gasteiger partial charge in [0.25, 0.3) is 0 Å².